The van der Waals surface area contributed by atoms with Crippen LogP contribution in [0.2, 0.25) is 0 Å². The Hall–Kier alpha value is -0.860. The van der Waals surface area contributed by atoms with Gasteiger partial charge in [0.25, 0.3) is 0 Å². The van der Waals surface area contributed by atoms with Crippen LogP contribution in [0.4, 0.5) is 0 Å². The van der Waals surface area contributed by atoms with Crippen LogP contribution in [-0.2, 0) is 6.42 Å². The van der Waals surface area contributed by atoms with Gasteiger partial charge < -0.3 is 10.6 Å². The molecule has 1 rings (SSSR count). The van der Waals surface area contributed by atoms with Gasteiger partial charge in [-0.1, -0.05) is 45.0 Å². The highest BCUT2D eigenvalue weighted by molar-refractivity contribution is 5.24. The zero-order chi connectivity index (χ0) is 13.5. The lowest BCUT2D eigenvalue weighted by Crippen LogP contribution is -2.29. The molecule has 2 heteroatoms. The molecule has 18 heavy (non-hydrogen) atoms. The Kier molecular flexibility index (Phi) is 6.37. The summed E-state index contributed by atoms with van der Waals surface area (Å²) in [5.41, 5.74) is 8.49. The van der Waals surface area contributed by atoms with E-state index in [-0.39, 0.29) is 0 Å². The number of likely N-dealkylation sites (N-methyl/N-ethyl adjacent to an activating group) is 1. The van der Waals surface area contributed by atoms with Crippen molar-refractivity contribution in [3.05, 3.63) is 35.4 Å². The molecule has 0 amide bonds. The molecule has 1 aromatic rings. The van der Waals surface area contributed by atoms with Gasteiger partial charge in [0.1, 0.15) is 0 Å². The minimum atomic E-state index is 0.582. The highest BCUT2D eigenvalue weighted by atomic mass is 15.1. The van der Waals surface area contributed by atoms with E-state index in [1.807, 2.05) is 0 Å². The van der Waals surface area contributed by atoms with E-state index in [1.165, 1.54) is 11.1 Å². The summed E-state index contributed by atoms with van der Waals surface area (Å²) in [6.07, 6.45) is 1.12. The van der Waals surface area contributed by atoms with Gasteiger partial charge in [0.2, 0.25) is 0 Å². The SMILES string of the molecule is CC(CN)CN(C)CCc1ccc(C(C)C)cc1. The van der Waals surface area contributed by atoms with Gasteiger partial charge in [0.15, 0.2) is 0 Å². The van der Waals surface area contributed by atoms with Crippen LogP contribution in [0.5, 0.6) is 0 Å². The third kappa shape index (κ3) is 5.19. The van der Waals surface area contributed by atoms with Crippen LogP contribution in [0.15, 0.2) is 24.3 Å². The van der Waals surface area contributed by atoms with Crippen molar-refractivity contribution in [2.75, 3.05) is 26.7 Å². The first-order valence-electron chi connectivity index (χ1n) is 7.00. The molecule has 0 bridgehead atoms. The summed E-state index contributed by atoms with van der Waals surface area (Å²) in [6.45, 7) is 9.63. The molecule has 0 heterocycles. The molecule has 0 saturated carbocycles. The summed E-state index contributed by atoms with van der Waals surface area (Å²) in [6, 6.07) is 9.02. The van der Waals surface area contributed by atoms with E-state index in [0.29, 0.717) is 11.8 Å². The molecule has 2 nitrogen and oxygen atoms in total. The molecular weight excluding hydrogens is 220 g/mol. The smallest absolute Gasteiger partial charge is 0.00189 e. The predicted molar refractivity (Wildman–Crippen MR) is 80.0 cm³/mol. The van der Waals surface area contributed by atoms with Crippen molar-refractivity contribution in [3.63, 3.8) is 0 Å². The van der Waals surface area contributed by atoms with Crippen molar-refractivity contribution < 1.29 is 0 Å². The van der Waals surface area contributed by atoms with Gasteiger partial charge in [-0.05, 0) is 43.0 Å². The first kappa shape index (κ1) is 15.2. The van der Waals surface area contributed by atoms with E-state index in [9.17, 15) is 0 Å². The summed E-state index contributed by atoms with van der Waals surface area (Å²) >= 11 is 0. The van der Waals surface area contributed by atoms with Crippen LogP contribution in [-0.4, -0.2) is 31.6 Å². The van der Waals surface area contributed by atoms with Crippen LogP contribution in [0.1, 0.15) is 37.8 Å². The number of nitrogens with two attached hydrogens (primary N) is 1. The maximum atomic E-state index is 5.65. The number of nitrogens with zero attached hydrogens (tertiary/aromatic N) is 1. The van der Waals surface area contributed by atoms with Crippen molar-refractivity contribution >= 4 is 0 Å². The highest BCUT2D eigenvalue weighted by Gasteiger charge is 2.05. The second kappa shape index (κ2) is 7.55. The van der Waals surface area contributed by atoms with E-state index in [1.54, 1.807) is 0 Å². The maximum absolute atomic E-state index is 5.65. The molecule has 1 aromatic carbocycles. The quantitative estimate of drug-likeness (QED) is 0.804. The number of rotatable bonds is 7. The lowest BCUT2D eigenvalue weighted by atomic mass is 10.0. The van der Waals surface area contributed by atoms with Gasteiger partial charge in [-0.25, -0.2) is 0 Å². The molecule has 0 aromatic heterocycles. The van der Waals surface area contributed by atoms with E-state index in [2.05, 4.69) is 57.0 Å². The van der Waals surface area contributed by atoms with Crippen LogP contribution in [0, 0.1) is 5.92 Å². The summed E-state index contributed by atoms with van der Waals surface area (Å²) in [5, 5.41) is 0. The van der Waals surface area contributed by atoms with E-state index in [4.69, 9.17) is 5.73 Å². The van der Waals surface area contributed by atoms with Crippen molar-refractivity contribution in [3.8, 4) is 0 Å². The van der Waals surface area contributed by atoms with Gasteiger partial charge in [0.05, 0.1) is 0 Å². The molecule has 0 spiro atoms. The molecule has 0 fully saturated rings. The van der Waals surface area contributed by atoms with Crippen LogP contribution in [0.25, 0.3) is 0 Å². The highest BCUT2D eigenvalue weighted by Crippen LogP contribution is 2.15. The van der Waals surface area contributed by atoms with E-state index < -0.39 is 0 Å². The topological polar surface area (TPSA) is 29.3 Å². The molecule has 0 aliphatic heterocycles. The second-order valence-electron chi connectivity index (χ2n) is 5.75. The van der Waals surface area contributed by atoms with Crippen LogP contribution >= 0.6 is 0 Å². The molecule has 0 radical (unpaired) electrons. The van der Waals surface area contributed by atoms with Crippen LogP contribution < -0.4 is 5.73 Å². The molecule has 0 aliphatic carbocycles. The first-order chi connectivity index (χ1) is 8.52. The molecule has 0 saturated heterocycles. The average molecular weight is 248 g/mol. The molecule has 2 N–H and O–H groups in total. The fourth-order valence-electron chi connectivity index (χ4n) is 2.09. The summed E-state index contributed by atoms with van der Waals surface area (Å²) in [5.74, 6) is 1.20. The largest absolute Gasteiger partial charge is 0.330 e. The summed E-state index contributed by atoms with van der Waals surface area (Å²) in [7, 11) is 2.18. The Labute approximate surface area is 112 Å². The van der Waals surface area contributed by atoms with Gasteiger partial charge in [-0.2, -0.15) is 0 Å². The van der Waals surface area contributed by atoms with Crippen molar-refractivity contribution in [1.29, 1.82) is 0 Å². The Morgan fingerprint density at radius 2 is 1.72 bits per heavy atom. The first-order valence-corrected chi connectivity index (χ1v) is 7.00. The third-order valence-corrected chi connectivity index (χ3v) is 3.45. The summed E-state index contributed by atoms with van der Waals surface area (Å²) in [4.78, 5) is 2.37. The number of benzene rings is 1. The standard InChI is InChI=1S/C16H28N2/c1-13(2)16-7-5-15(6-8-16)9-10-18(4)12-14(3)11-17/h5-8,13-14H,9-12,17H2,1-4H3. The molecule has 1 atom stereocenters. The number of hydrogen-bond donors (Lipinski definition) is 1. The fraction of sp³-hybridized carbons (Fsp3) is 0.625. The lowest BCUT2D eigenvalue weighted by Gasteiger charge is -2.20. The van der Waals surface area contributed by atoms with Gasteiger partial charge in [-0.15, -0.1) is 0 Å². The zero-order valence-corrected chi connectivity index (χ0v) is 12.3. The Bertz CT molecular complexity index is 329. The predicted octanol–water partition coefficient (Wildman–Crippen LogP) is 2.88. The maximum Gasteiger partial charge on any atom is 0.00189 e. The Morgan fingerprint density at radius 3 is 2.22 bits per heavy atom. The minimum absolute atomic E-state index is 0.582. The monoisotopic (exact) mass is 248 g/mol. The summed E-state index contributed by atoms with van der Waals surface area (Å²) < 4.78 is 0. The third-order valence-electron chi connectivity index (χ3n) is 3.45. The fourth-order valence-corrected chi connectivity index (χ4v) is 2.09. The molecule has 0 aliphatic rings. The Morgan fingerprint density at radius 1 is 1.11 bits per heavy atom. The van der Waals surface area contributed by atoms with Crippen molar-refractivity contribution in [2.24, 2.45) is 11.7 Å². The van der Waals surface area contributed by atoms with Gasteiger partial charge >= 0.3 is 0 Å². The average Bonchev–Trinajstić information content (AvgIpc) is 2.36. The van der Waals surface area contributed by atoms with Crippen LogP contribution in [0.3, 0.4) is 0 Å². The molecule has 102 valence electrons. The van der Waals surface area contributed by atoms with E-state index in [0.717, 1.165) is 26.1 Å². The van der Waals surface area contributed by atoms with Crippen molar-refractivity contribution in [2.45, 2.75) is 33.1 Å². The van der Waals surface area contributed by atoms with Gasteiger partial charge in [0, 0.05) is 13.1 Å². The zero-order valence-electron chi connectivity index (χ0n) is 12.3. The lowest BCUT2D eigenvalue weighted by molar-refractivity contribution is 0.292. The Balaban J connectivity index is 2.39. The normalized spacial score (nSPS) is 13.3. The molecule has 1 unspecified atom stereocenters. The van der Waals surface area contributed by atoms with E-state index >= 15 is 0 Å². The second-order valence-corrected chi connectivity index (χ2v) is 5.75. The number of hydrogen-bond acceptors (Lipinski definition) is 2. The minimum Gasteiger partial charge on any atom is -0.330 e. The van der Waals surface area contributed by atoms with Gasteiger partial charge in [-0.3, -0.25) is 0 Å². The van der Waals surface area contributed by atoms with Crippen molar-refractivity contribution in [1.82, 2.24) is 4.90 Å². The molecular formula is C16H28N2.